The molecule has 0 atom stereocenters. The van der Waals surface area contributed by atoms with Crippen LogP contribution in [0.15, 0.2) is 33.3 Å². The number of anilines is 1. The van der Waals surface area contributed by atoms with Crippen LogP contribution in [-0.4, -0.2) is 12.0 Å². The zero-order valence-electron chi connectivity index (χ0n) is 7.51. The molecule has 14 heavy (non-hydrogen) atoms. The molecule has 0 aliphatic carbocycles. The summed E-state index contributed by atoms with van der Waals surface area (Å²) in [5.41, 5.74) is 0. The minimum Gasteiger partial charge on any atom is -0.373 e. The van der Waals surface area contributed by atoms with Crippen molar-refractivity contribution >= 4 is 48.5 Å². The summed E-state index contributed by atoms with van der Waals surface area (Å²) in [5.74, 6) is 0.893. The smallest absolute Gasteiger partial charge is 0.133 e. The minimum absolute atomic E-state index is 0.893. The van der Waals surface area contributed by atoms with Crippen LogP contribution in [0, 0.1) is 0 Å². The Morgan fingerprint density at radius 1 is 1.21 bits per heavy atom. The maximum Gasteiger partial charge on any atom is 0.133 e. The quantitative estimate of drug-likeness (QED) is 0.865. The van der Waals surface area contributed by atoms with Crippen molar-refractivity contribution < 1.29 is 0 Å². The zero-order chi connectivity index (χ0) is 10.1. The molecule has 1 N–H and O–H groups in total. The van der Waals surface area contributed by atoms with Gasteiger partial charge in [0.05, 0.1) is 0 Å². The Morgan fingerprint density at radius 2 is 2.00 bits per heavy atom. The van der Waals surface area contributed by atoms with E-state index in [9.17, 15) is 0 Å². The number of aromatic nitrogens is 1. The van der Waals surface area contributed by atoms with E-state index in [0.29, 0.717) is 0 Å². The van der Waals surface area contributed by atoms with Crippen molar-refractivity contribution in [2.45, 2.75) is 0 Å². The highest BCUT2D eigenvalue weighted by molar-refractivity contribution is 9.11. The zero-order valence-corrected chi connectivity index (χ0v) is 10.7. The molecule has 2 nitrogen and oxygen atoms in total. The van der Waals surface area contributed by atoms with Crippen LogP contribution < -0.4 is 5.32 Å². The molecular formula is C10H8Br2N2. The lowest BCUT2D eigenvalue weighted by atomic mass is 10.1. The largest absolute Gasteiger partial charge is 0.373 e. The highest BCUT2D eigenvalue weighted by atomic mass is 79.9. The Hall–Kier alpha value is -0.610. The standard InChI is InChI=1S/C10H8Br2N2/c1-13-10-8-4-6(11)2-3-7(8)9(12)5-14-10/h2-5H,1H3,(H,13,14). The summed E-state index contributed by atoms with van der Waals surface area (Å²) in [4.78, 5) is 4.29. The van der Waals surface area contributed by atoms with Crippen molar-refractivity contribution in [2.24, 2.45) is 0 Å². The van der Waals surface area contributed by atoms with Gasteiger partial charge in [0.2, 0.25) is 0 Å². The normalized spacial score (nSPS) is 10.5. The molecule has 0 amide bonds. The van der Waals surface area contributed by atoms with E-state index in [-0.39, 0.29) is 0 Å². The number of benzene rings is 1. The van der Waals surface area contributed by atoms with Crippen LogP contribution >= 0.6 is 31.9 Å². The predicted octanol–water partition coefficient (Wildman–Crippen LogP) is 3.80. The van der Waals surface area contributed by atoms with Crippen LogP contribution in [0.25, 0.3) is 10.8 Å². The van der Waals surface area contributed by atoms with Gasteiger partial charge in [-0.1, -0.05) is 22.0 Å². The molecular weight excluding hydrogens is 308 g/mol. The fourth-order valence-electron chi connectivity index (χ4n) is 1.38. The summed E-state index contributed by atoms with van der Waals surface area (Å²) in [7, 11) is 1.87. The van der Waals surface area contributed by atoms with Crippen molar-refractivity contribution in [3.05, 3.63) is 33.3 Å². The second-order valence-electron chi connectivity index (χ2n) is 2.89. The van der Waals surface area contributed by atoms with Crippen LogP contribution in [0.4, 0.5) is 5.82 Å². The molecule has 0 fully saturated rings. The van der Waals surface area contributed by atoms with Crippen LogP contribution in [-0.2, 0) is 0 Å². The van der Waals surface area contributed by atoms with E-state index >= 15 is 0 Å². The van der Waals surface area contributed by atoms with E-state index in [2.05, 4.69) is 54.3 Å². The number of halogens is 2. The number of nitrogens with one attached hydrogen (secondary N) is 1. The maximum atomic E-state index is 4.29. The molecule has 0 unspecified atom stereocenters. The van der Waals surface area contributed by atoms with Gasteiger partial charge in [-0.2, -0.15) is 0 Å². The number of pyridine rings is 1. The molecule has 0 bridgehead atoms. The average molecular weight is 316 g/mol. The van der Waals surface area contributed by atoms with E-state index < -0.39 is 0 Å². The average Bonchev–Trinajstić information content (AvgIpc) is 2.18. The molecule has 0 radical (unpaired) electrons. The summed E-state index contributed by atoms with van der Waals surface area (Å²) in [6.45, 7) is 0. The Morgan fingerprint density at radius 3 is 2.71 bits per heavy atom. The second kappa shape index (κ2) is 3.87. The predicted molar refractivity (Wildman–Crippen MR) is 66.7 cm³/mol. The van der Waals surface area contributed by atoms with Gasteiger partial charge in [-0.15, -0.1) is 0 Å². The first kappa shape index (κ1) is 9.93. The fraction of sp³-hybridized carbons (Fsp3) is 0.100. The highest BCUT2D eigenvalue weighted by Gasteiger charge is 2.04. The topological polar surface area (TPSA) is 24.9 Å². The molecule has 1 aromatic carbocycles. The van der Waals surface area contributed by atoms with Gasteiger partial charge in [0.25, 0.3) is 0 Å². The summed E-state index contributed by atoms with van der Waals surface area (Å²) in [6.07, 6.45) is 1.81. The highest BCUT2D eigenvalue weighted by Crippen LogP contribution is 2.30. The molecule has 2 rings (SSSR count). The van der Waals surface area contributed by atoms with Crippen molar-refractivity contribution in [3.63, 3.8) is 0 Å². The molecule has 4 heteroatoms. The van der Waals surface area contributed by atoms with Gasteiger partial charge < -0.3 is 5.32 Å². The number of nitrogens with zero attached hydrogens (tertiary/aromatic N) is 1. The monoisotopic (exact) mass is 314 g/mol. The Labute approximate surface area is 99.0 Å². The van der Waals surface area contributed by atoms with E-state index in [1.165, 1.54) is 0 Å². The molecule has 0 saturated heterocycles. The third-order valence-electron chi connectivity index (χ3n) is 2.04. The van der Waals surface area contributed by atoms with E-state index in [0.717, 1.165) is 25.5 Å². The molecule has 0 aliphatic rings. The lowest BCUT2D eigenvalue weighted by molar-refractivity contribution is 1.30. The summed E-state index contributed by atoms with van der Waals surface area (Å²) >= 11 is 6.93. The summed E-state index contributed by atoms with van der Waals surface area (Å²) in [6, 6.07) is 6.14. The van der Waals surface area contributed by atoms with Gasteiger partial charge in [-0.25, -0.2) is 4.98 Å². The SMILES string of the molecule is CNc1ncc(Br)c2ccc(Br)cc12. The second-order valence-corrected chi connectivity index (χ2v) is 4.66. The lowest BCUT2D eigenvalue weighted by Crippen LogP contribution is -1.93. The van der Waals surface area contributed by atoms with Crippen molar-refractivity contribution in [2.75, 3.05) is 12.4 Å². The van der Waals surface area contributed by atoms with Gasteiger partial charge >= 0.3 is 0 Å². The molecule has 0 spiro atoms. The van der Waals surface area contributed by atoms with E-state index in [4.69, 9.17) is 0 Å². The Kier molecular flexibility index (Phi) is 2.74. The molecule has 1 aromatic heterocycles. The van der Waals surface area contributed by atoms with Gasteiger partial charge in [-0.05, 0) is 28.1 Å². The van der Waals surface area contributed by atoms with E-state index in [1.54, 1.807) is 0 Å². The van der Waals surface area contributed by atoms with Crippen LogP contribution in [0.2, 0.25) is 0 Å². The first-order chi connectivity index (χ1) is 6.72. The maximum absolute atomic E-state index is 4.29. The van der Waals surface area contributed by atoms with Crippen LogP contribution in [0.1, 0.15) is 0 Å². The summed E-state index contributed by atoms with van der Waals surface area (Å²) < 4.78 is 2.07. The van der Waals surface area contributed by atoms with Crippen molar-refractivity contribution in [3.8, 4) is 0 Å². The number of hydrogen-bond donors (Lipinski definition) is 1. The van der Waals surface area contributed by atoms with Crippen LogP contribution in [0.3, 0.4) is 0 Å². The van der Waals surface area contributed by atoms with Crippen molar-refractivity contribution in [1.82, 2.24) is 4.98 Å². The Bertz CT molecular complexity index is 483. The summed E-state index contributed by atoms with van der Waals surface area (Å²) in [5, 5.41) is 5.34. The van der Waals surface area contributed by atoms with Gasteiger partial charge in [0.1, 0.15) is 5.82 Å². The molecule has 0 aliphatic heterocycles. The van der Waals surface area contributed by atoms with Gasteiger partial charge in [-0.3, -0.25) is 0 Å². The first-order valence-electron chi connectivity index (χ1n) is 4.14. The van der Waals surface area contributed by atoms with Crippen LogP contribution in [0.5, 0.6) is 0 Å². The molecule has 2 aromatic rings. The first-order valence-corrected chi connectivity index (χ1v) is 5.72. The minimum atomic E-state index is 0.893. The van der Waals surface area contributed by atoms with E-state index in [1.807, 2.05) is 19.3 Å². The Balaban J connectivity index is 2.85. The van der Waals surface area contributed by atoms with Gasteiger partial charge in [0.15, 0.2) is 0 Å². The molecule has 0 saturated carbocycles. The number of rotatable bonds is 1. The molecule has 72 valence electrons. The molecule has 1 heterocycles. The number of hydrogen-bond acceptors (Lipinski definition) is 2. The third kappa shape index (κ3) is 1.64. The third-order valence-corrected chi connectivity index (χ3v) is 3.16. The van der Waals surface area contributed by atoms with Crippen molar-refractivity contribution in [1.29, 1.82) is 0 Å². The fourth-order valence-corrected chi connectivity index (χ4v) is 2.19. The lowest BCUT2D eigenvalue weighted by Gasteiger charge is -2.06. The number of fused-ring (bicyclic) bond motifs is 1. The van der Waals surface area contributed by atoms with Gasteiger partial charge in [0, 0.05) is 33.0 Å².